The quantitative estimate of drug-likeness (QED) is 0.200. The zero-order chi connectivity index (χ0) is 27.6. The standard InChI is InChI=1S/C30H28ClNO5S2/c1-4-36-28(33)30(12-13-30)22-8-5-19(6-9-22)23-10-7-20(15-25(23)35-3)27-24(16-26(31)39-27)32-29(34)37-18(2)21-11-14-38-17-21/h5-11,14-18H,4,12-13H2,1-3H3,(H,32,34)/t18-/m1/s1. The molecule has 6 nitrogen and oxygen atoms in total. The van der Waals surface area contributed by atoms with Gasteiger partial charge in [0.1, 0.15) is 11.9 Å². The van der Waals surface area contributed by atoms with Crippen LogP contribution in [0.5, 0.6) is 5.75 Å². The smallest absolute Gasteiger partial charge is 0.412 e. The van der Waals surface area contributed by atoms with Crippen LogP contribution in [0, 0.1) is 0 Å². The van der Waals surface area contributed by atoms with Gasteiger partial charge in [0.25, 0.3) is 0 Å². The summed E-state index contributed by atoms with van der Waals surface area (Å²) in [5.74, 6) is 0.527. The van der Waals surface area contributed by atoms with E-state index in [0.29, 0.717) is 22.4 Å². The van der Waals surface area contributed by atoms with Crippen molar-refractivity contribution in [3.8, 4) is 27.3 Å². The fraction of sp³-hybridized carbons (Fsp3) is 0.267. The van der Waals surface area contributed by atoms with Crippen LogP contribution in [-0.2, 0) is 19.7 Å². The van der Waals surface area contributed by atoms with Crippen LogP contribution in [0.2, 0.25) is 4.34 Å². The highest BCUT2D eigenvalue weighted by Crippen LogP contribution is 2.50. The van der Waals surface area contributed by atoms with Gasteiger partial charge in [0.2, 0.25) is 0 Å². The van der Waals surface area contributed by atoms with Gasteiger partial charge in [-0.15, -0.1) is 11.3 Å². The lowest BCUT2D eigenvalue weighted by Gasteiger charge is -2.16. The molecule has 2 heterocycles. The average Bonchev–Trinajstić information content (AvgIpc) is 3.39. The van der Waals surface area contributed by atoms with Gasteiger partial charge in [-0.25, -0.2) is 4.79 Å². The van der Waals surface area contributed by atoms with Crippen LogP contribution >= 0.6 is 34.3 Å². The van der Waals surface area contributed by atoms with E-state index in [0.717, 1.165) is 45.5 Å². The maximum Gasteiger partial charge on any atom is 0.412 e. The lowest BCUT2D eigenvalue weighted by atomic mass is 9.93. The third-order valence-electron chi connectivity index (χ3n) is 6.86. The van der Waals surface area contributed by atoms with Gasteiger partial charge in [-0.2, -0.15) is 11.3 Å². The lowest BCUT2D eigenvalue weighted by Crippen LogP contribution is -2.23. The first-order chi connectivity index (χ1) is 18.8. The number of hydrogen-bond acceptors (Lipinski definition) is 7. The highest BCUT2D eigenvalue weighted by Gasteiger charge is 2.52. The summed E-state index contributed by atoms with van der Waals surface area (Å²) >= 11 is 9.27. The summed E-state index contributed by atoms with van der Waals surface area (Å²) in [4.78, 5) is 25.9. The molecule has 0 bridgehead atoms. The fourth-order valence-corrected chi connectivity index (χ4v) is 6.51. The number of esters is 1. The van der Waals surface area contributed by atoms with Gasteiger partial charge < -0.3 is 14.2 Å². The fourth-order valence-electron chi connectivity index (χ4n) is 4.59. The number of methoxy groups -OCH3 is 1. The Balaban J connectivity index is 1.36. The highest BCUT2D eigenvalue weighted by atomic mass is 35.5. The van der Waals surface area contributed by atoms with E-state index >= 15 is 0 Å². The van der Waals surface area contributed by atoms with E-state index in [1.54, 1.807) is 24.5 Å². The molecule has 9 heteroatoms. The third kappa shape index (κ3) is 5.69. The highest BCUT2D eigenvalue weighted by molar-refractivity contribution is 7.20. The molecule has 0 saturated heterocycles. The summed E-state index contributed by atoms with van der Waals surface area (Å²) in [6.07, 6.45) is 0.697. The predicted octanol–water partition coefficient (Wildman–Crippen LogP) is 8.71. The Morgan fingerprint density at radius 1 is 1.08 bits per heavy atom. The Labute approximate surface area is 240 Å². The zero-order valence-corrected chi connectivity index (χ0v) is 24.2. The number of carbonyl (C=O) groups is 2. The predicted molar refractivity (Wildman–Crippen MR) is 157 cm³/mol. The molecule has 1 fully saturated rings. The van der Waals surface area contributed by atoms with Crippen LogP contribution in [0.1, 0.15) is 43.9 Å². The molecule has 4 aromatic rings. The summed E-state index contributed by atoms with van der Waals surface area (Å²) in [5.41, 5.74) is 4.72. The zero-order valence-electron chi connectivity index (χ0n) is 21.8. The monoisotopic (exact) mass is 581 g/mol. The van der Waals surface area contributed by atoms with Gasteiger partial charge in [0.15, 0.2) is 0 Å². The number of hydrogen-bond donors (Lipinski definition) is 1. The number of ether oxygens (including phenoxy) is 3. The molecule has 2 aromatic carbocycles. The van der Waals surface area contributed by atoms with Crippen molar-refractivity contribution < 1.29 is 23.8 Å². The molecule has 0 aliphatic heterocycles. The van der Waals surface area contributed by atoms with Crippen molar-refractivity contribution in [2.24, 2.45) is 0 Å². The maximum atomic E-state index is 12.6. The molecule has 1 amide bonds. The van der Waals surface area contributed by atoms with Crippen LogP contribution in [0.4, 0.5) is 10.5 Å². The van der Waals surface area contributed by atoms with Crippen LogP contribution < -0.4 is 10.1 Å². The molecule has 1 atom stereocenters. The molecule has 1 aliphatic rings. The second-order valence-electron chi connectivity index (χ2n) is 9.32. The topological polar surface area (TPSA) is 73.9 Å². The molecule has 0 radical (unpaired) electrons. The molecule has 1 saturated carbocycles. The van der Waals surface area contributed by atoms with E-state index in [9.17, 15) is 9.59 Å². The average molecular weight is 582 g/mol. The maximum absolute atomic E-state index is 12.6. The molecule has 39 heavy (non-hydrogen) atoms. The molecular weight excluding hydrogens is 554 g/mol. The summed E-state index contributed by atoms with van der Waals surface area (Å²) in [5, 5.41) is 6.74. The van der Waals surface area contributed by atoms with Crippen molar-refractivity contribution in [2.45, 2.75) is 38.2 Å². The Bertz CT molecular complexity index is 1480. The van der Waals surface area contributed by atoms with Gasteiger partial charge >= 0.3 is 12.1 Å². The van der Waals surface area contributed by atoms with Gasteiger partial charge in [-0.05, 0) is 72.3 Å². The van der Waals surface area contributed by atoms with E-state index in [1.807, 2.05) is 73.1 Å². The second-order valence-corrected chi connectivity index (χ2v) is 11.8. The third-order valence-corrected chi connectivity index (χ3v) is 8.88. The van der Waals surface area contributed by atoms with E-state index in [2.05, 4.69) is 5.32 Å². The summed E-state index contributed by atoms with van der Waals surface area (Å²) in [6.45, 7) is 4.04. The molecule has 1 N–H and O–H groups in total. The number of carbonyl (C=O) groups excluding carboxylic acids is 2. The summed E-state index contributed by atoms with van der Waals surface area (Å²) in [6, 6.07) is 17.5. The minimum atomic E-state index is -0.552. The number of anilines is 1. The van der Waals surface area contributed by atoms with Crippen LogP contribution in [0.3, 0.4) is 0 Å². The summed E-state index contributed by atoms with van der Waals surface area (Å²) < 4.78 is 17.1. The minimum absolute atomic E-state index is 0.150. The van der Waals surface area contributed by atoms with Crippen molar-refractivity contribution >= 4 is 52.0 Å². The SMILES string of the molecule is CCOC(=O)C1(c2ccc(-c3ccc(-c4sc(Cl)cc4NC(=O)O[C@H](C)c4ccsc4)cc3OC)cc2)CC1. The first kappa shape index (κ1) is 27.2. The molecule has 202 valence electrons. The van der Waals surface area contributed by atoms with Crippen molar-refractivity contribution in [1.82, 2.24) is 0 Å². The van der Waals surface area contributed by atoms with Gasteiger partial charge in [-0.1, -0.05) is 48.0 Å². The lowest BCUT2D eigenvalue weighted by molar-refractivity contribution is -0.146. The molecular formula is C30H28ClNO5S2. The van der Waals surface area contributed by atoms with Crippen molar-refractivity contribution in [3.05, 3.63) is 80.8 Å². The number of halogens is 1. The van der Waals surface area contributed by atoms with Crippen LogP contribution in [-0.4, -0.2) is 25.8 Å². The van der Waals surface area contributed by atoms with E-state index < -0.39 is 11.5 Å². The van der Waals surface area contributed by atoms with Crippen molar-refractivity contribution in [3.63, 3.8) is 0 Å². The molecule has 0 unspecified atom stereocenters. The van der Waals surface area contributed by atoms with Crippen molar-refractivity contribution in [2.75, 3.05) is 19.0 Å². The first-order valence-corrected chi connectivity index (χ1v) is 14.7. The Morgan fingerprint density at radius 2 is 1.82 bits per heavy atom. The molecule has 5 rings (SSSR count). The van der Waals surface area contributed by atoms with Crippen LogP contribution in [0.15, 0.2) is 65.4 Å². The largest absolute Gasteiger partial charge is 0.496 e. The molecule has 0 spiro atoms. The number of amides is 1. The normalized spacial score (nSPS) is 14.4. The number of nitrogens with one attached hydrogen (secondary N) is 1. The second kappa shape index (κ2) is 11.4. The first-order valence-electron chi connectivity index (χ1n) is 12.6. The Hall–Kier alpha value is -3.33. The number of benzene rings is 2. The number of rotatable bonds is 9. The van der Waals surface area contributed by atoms with Gasteiger partial charge in [0, 0.05) is 11.1 Å². The van der Waals surface area contributed by atoms with E-state index in [4.69, 9.17) is 25.8 Å². The van der Waals surface area contributed by atoms with Gasteiger partial charge in [0.05, 0.1) is 34.0 Å². The van der Waals surface area contributed by atoms with Crippen molar-refractivity contribution in [1.29, 1.82) is 0 Å². The molecule has 1 aliphatic carbocycles. The Kier molecular flexibility index (Phi) is 7.98. The van der Waals surface area contributed by atoms with E-state index in [1.165, 1.54) is 11.3 Å². The minimum Gasteiger partial charge on any atom is -0.496 e. The number of thiophene rings is 2. The van der Waals surface area contributed by atoms with Gasteiger partial charge in [-0.3, -0.25) is 10.1 Å². The van der Waals surface area contributed by atoms with Crippen LogP contribution in [0.25, 0.3) is 21.6 Å². The van der Waals surface area contributed by atoms with E-state index in [-0.39, 0.29) is 12.1 Å². The summed E-state index contributed by atoms with van der Waals surface area (Å²) in [7, 11) is 1.63. The Morgan fingerprint density at radius 3 is 2.46 bits per heavy atom. The molecule has 2 aromatic heterocycles.